The van der Waals surface area contributed by atoms with E-state index in [1.165, 1.54) is 5.56 Å². The van der Waals surface area contributed by atoms with Gasteiger partial charge in [0.2, 0.25) is 5.91 Å². The predicted molar refractivity (Wildman–Crippen MR) is 99.8 cm³/mol. The second-order valence-electron chi connectivity index (χ2n) is 8.53. The van der Waals surface area contributed by atoms with Gasteiger partial charge in [-0.1, -0.05) is 25.1 Å². The number of nitrogens with zero attached hydrogens (tertiary/aromatic N) is 1. The quantitative estimate of drug-likeness (QED) is 0.883. The standard InChI is InChI=1S/C21H30N2O3/c1-4-16(22)20(24)23-10-9-17-13(12-23)11-15-19(25-17)14-7-5-6-8-18(14)26-21(15,2)3/h5-8,13,15-17,19H,4,9-12,22H2,1-3H3/t13-,15+,16-,17+,19-/m0/s1. The molecule has 1 aromatic carbocycles. The molecule has 0 aromatic heterocycles. The maximum Gasteiger partial charge on any atom is 0.239 e. The molecule has 0 saturated carbocycles. The lowest BCUT2D eigenvalue weighted by molar-refractivity contribution is -0.189. The van der Waals surface area contributed by atoms with E-state index in [2.05, 4.69) is 26.0 Å². The number of piperidine rings is 1. The summed E-state index contributed by atoms with van der Waals surface area (Å²) in [5.74, 6) is 1.66. The first-order chi connectivity index (χ1) is 12.4. The van der Waals surface area contributed by atoms with Gasteiger partial charge in [0.1, 0.15) is 11.4 Å². The molecule has 1 amide bonds. The minimum Gasteiger partial charge on any atom is -0.487 e. The van der Waals surface area contributed by atoms with Gasteiger partial charge in [0.25, 0.3) is 0 Å². The lowest BCUT2D eigenvalue weighted by atomic mass is 9.70. The zero-order chi connectivity index (χ0) is 18.5. The lowest BCUT2D eigenvalue weighted by Crippen LogP contribution is -2.57. The van der Waals surface area contributed by atoms with Crippen molar-refractivity contribution in [3.8, 4) is 5.75 Å². The summed E-state index contributed by atoms with van der Waals surface area (Å²) in [7, 11) is 0. The highest BCUT2D eigenvalue weighted by molar-refractivity contribution is 5.81. The van der Waals surface area contributed by atoms with E-state index in [1.54, 1.807) is 0 Å². The number of rotatable bonds is 2. The van der Waals surface area contributed by atoms with Crippen LogP contribution in [0.3, 0.4) is 0 Å². The fraction of sp³-hybridized carbons (Fsp3) is 0.667. The molecule has 2 N–H and O–H groups in total. The molecule has 5 nitrogen and oxygen atoms in total. The average molecular weight is 358 g/mol. The van der Waals surface area contributed by atoms with Crippen molar-refractivity contribution in [2.45, 2.75) is 63.9 Å². The molecule has 3 heterocycles. The van der Waals surface area contributed by atoms with Crippen molar-refractivity contribution in [1.82, 2.24) is 4.90 Å². The van der Waals surface area contributed by atoms with Gasteiger partial charge in [0, 0.05) is 30.5 Å². The first-order valence-electron chi connectivity index (χ1n) is 9.88. The molecule has 5 heteroatoms. The normalized spacial score (nSPS) is 33.3. The summed E-state index contributed by atoms with van der Waals surface area (Å²) in [6.07, 6.45) is 2.88. The molecule has 0 unspecified atom stereocenters. The summed E-state index contributed by atoms with van der Waals surface area (Å²) in [6, 6.07) is 7.85. The Bertz CT molecular complexity index is 690. The number of para-hydroxylation sites is 1. The van der Waals surface area contributed by atoms with Gasteiger partial charge in [-0.05, 0) is 39.2 Å². The Kier molecular flexibility index (Phi) is 4.48. The molecule has 3 aliphatic rings. The van der Waals surface area contributed by atoms with Crippen LogP contribution in [0.4, 0.5) is 0 Å². The molecule has 4 rings (SSSR count). The van der Waals surface area contributed by atoms with Crippen LogP contribution >= 0.6 is 0 Å². The minimum atomic E-state index is -0.384. The first-order valence-corrected chi connectivity index (χ1v) is 9.88. The Morgan fingerprint density at radius 1 is 1.38 bits per heavy atom. The predicted octanol–water partition coefficient (Wildman–Crippen LogP) is 2.89. The molecule has 1 aromatic rings. The van der Waals surface area contributed by atoms with Gasteiger partial charge in [0.15, 0.2) is 0 Å². The monoisotopic (exact) mass is 358 g/mol. The number of hydrogen-bond acceptors (Lipinski definition) is 4. The van der Waals surface area contributed by atoms with E-state index in [-0.39, 0.29) is 35.7 Å². The largest absolute Gasteiger partial charge is 0.487 e. The zero-order valence-corrected chi connectivity index (χ0v) is 16.0. The van der Waals surface area contributed by atoms with Crippen molar-refractivity contribution < 1.29 is 14.3 Å². The molecule has 0 bridgehead atoms. The van der Waals surface area contributed by atoms with Crippen LogP contribution < -0.4 is 10.5 Å². The van der Waals surface area contributed by atoms with Gasteiger partial charge < -0.3 is 20.1 Å². The molecule has 5 atom stereocenters. The number of amides is 1. The number of hydrogen-bond donors (Lipinski definition) is 1. The van der Waals surface area contributed by atoms with Crippen LogP contribution in [0, 0.1) is 11.8 Å². The van der Waals surface area contributed by atoms with Crippen molar-refractivity contribution in [3.63, 3.8) is 0 Å². The summed E-state index contributed by atoms with van der Waals surface area (Å²) >= 11 is 0. The third-order valence-electron chi connectivity index (χ3n) is 6.47. The van der Waals surface area contributed by atoms with Crippen molar-refractivity contribution in [2.24, 2.45) is 17.6 Å². The summed E-state index contributed by atoms with van der Waals surface area (Å²) in [6.45, 7) is 7.76. The van der Waals surface area contributed by atoms with Crippen molar-refractivity contribution in [1.29, 1.82) is 0 Å². The maximum absolute atomic E-state index is 12.5. The summed E-state index contributed by atoms with van der Waals surface area (Å²) in [5.41, 5.74) is 6.86. The number of fused-ring (bicyclic) bond motifs is 4. The molecule has 26 heavy (non-hydrogen) atoms. The van der Waals surface area contributed by atoms with Gasteiger partial charge in [0.05, 0.1) is 18.2 Å². The summed E-state index contributed by atoms with van der Waals surface area (Å²) in [4.78, 5) is 14.5. The van der Waals surface area contributed by atoms with Crippen LogP contribution in [-0.4, -0.2) is 41.6 Å². The van der Waals surface area contributed by atoms with Gasteiger partial charge in [-0.15, -0.1) is 0 Å². The SMILES string of the molecule is CC[C@H](N)C(=O)N1CC[C@H]2O[C@H]3c4ccccc4OC(C)(C)[C@@H]3C[C@H]2C1. The van der Waals surface area contributed by atoms with Crippen LogP contribution in [-0.2, 0) is 9.53 Å². The van der Waals surface area contributed by atoms with Crippen molar-refractivity contribution in [3.05, 3.63) is 29.8 Å². The van der Waals surface area contributed by atoms with Crippen LogP contribution in [0.25, 0.3) is 0 Å². The molecular formula is C21H30N2O3. The Hall–Kier alpha value is -1.59. The van der Waals surface area contributed by atoms with E-state index in [0.29, 0.717) is 12.3 Å². The maximum atomic E-state index is 12.5. The van der Waals surface area contributed by atoms with Crippen LogP contribution in [0.2, 0.25) is 0 Å². The van der Waals surface area contributed by atoms with Crippen LogP contribution in [0.15, 0.2) is 24.3 Å². The van der Waals surface area contributed by atoms with Crippen molar-refractivity contribution in [2.75, 3.05) is 13.1 Å². The Balaban J connectivity index is 1.56. The van der Waals surface area contributed by atoms with E-state index in [9.17, 15) is 4.79 Å². The number of benzene rings is 1. The highest BCUT2D eigenvalue weighted by atomic mass is 16.5. The van der Waals surface area contributed by atoms with E-state index in [4.69, 9.17) is 15.2 Å². The molecule has 142 valence electrons. The Labute approximate surface area is 155 Å². The molecule has 2 fully saturated rings. The third-order valence-corrected chi connectivity index (χ3v) is 6.47. The fourth-order valence-corrected chi connectivity index (χ4v) is 4.86. The topological polar surface area (TPSA) is 64.8 Å². The molecule has 2 saturated heterocycles. The Morgan fingerprint density at radius 3 is 2.92 bits per heavy atom. The fourth-order valence-electron chi connectivity index (χ4n) is 4.86. The number of nitrogens with two attached hydrogens (primary N) is 1. The smallest absolute Gasteiger partial charge is 0.239 e. The average Bonchev–Trinajstić information content (AvgIpc) is 2.65. The zero-order valence-electron chi connectivity index (χ0n) is 16.0. The third kappa shape index (κ3) is 2.91. The van der Waals surface area contributed by atoms with E-state index in [1.807, 2.05) is 24.0 Å². The van der Waals surface area contributed by atoms with E-state index >= 15 is 0 Å². The first kappa shape index (κ1) is 17.8. The number of carbonyl (C=O) groups is 1. The minimum absolute atomic E-state index is 0.0800. The lowest BCUT2D eigenvalue weighted by Gasteiger charge is -2.53. The summed E-state index contributed by atoms with van der Waals surface area (Å²) < 4.78 is 12.9. The number of carbonyl (C=O) groups excluding carboxylic acids is 1. The van der Waals surface area contributed by atoms with E-state index < -0.39 is 0 Å². The van der Waals surface area contributed by atoms with Crippen molar-refractivity contribution >= 4 is 5.91 Å². The van der Waals surface area contributed by atoms with Crippen LogP contribution in [0.5, 0.6) is 5.75 Å². The van der Waals surface area contributed by atoms with Gasteiger partial charge >= 0.3 is 0 Å². The van der Waals surface area contributed by atoms with Gasteiger partial charge in [-0.25, -0.2) is 0 Å². The van der Waals surface area contributed by atoms with Crippen LogP contribution in [0.1, 0.15) is 51.7 Å². The van der Waals surface area contributed by atoms with Gasteiger partial charge in [-0.2, -0.15) is 0 Å². The number of likely N-dealkylation sites (tertiary alicyclic amines) is 1. The molecule has 3 aliphatic heterocycles. The Morgan fingerprint density at radius 2 is 2.15 bits per heavy atom. The second-order valence-corrected chi connectivity index (χ2v) is 8.53. The molecule has 0 spiro atoms. The highest BCUT2D eigenvalue weighted by Gasteiger charge is 2.51. The molecule has 0 aliphatic carbocycles. The molecular weight excluding hydrogens is 328 g/mol. The van der Waals surface area contributed by atoms with Gasteiger partial charge in [-0.3, -0.25) is 4.79 Å². The number of ether oxygens (including phenoxy) is 2. The second kappa shape index (κ2) is 6.54. The van der Waals surface area contributed by atoms with E-state index in [0.717, 1.165) is 31.7 Å². The summed E-state index contributed by atoms with van der Waals surface area (Å²) in [5, 5.41) is 0. The molecule has 0 radical (unpaired) electrons. The highest BCUT2D eigenvalue weighted by Crippen LogP contribution is 2.52.